The Morgan fingerprint density at radius 1 is 1.21 bits per heavy atom. The standard InChI is InChI=1S/C10H23NO3/c1-7(2)9(6-12)8(5-11-3)4-10(13)14/h7-14H,4-6H2,1-3H3/t8-,9?/m1/s1. The molecule has 0 saturated carbocycles. The maximum atomic E-state index is 9.22. The average molecular weight is 205 g/mol. The van der Waals surface area contributed by atoms with Gasteiger partial charge in [0, 0.05) is 13.0 Å². The smallest absolute Gasteiger partial charge is 0.151 e. The van der Waals surface area contributed by atoms with Gasteiger partial charge in [0.1, 0.15) is 0 Å². The van der Waals surface area contributed by atoms with Crippen LogP contribution in [0.15, 0.2) is 0 Å². The minimum atomic E-state index is -1.29. The van der Waals surface area contributed by atoms with Crippen LogP contribution in [0.25, 0.3) is 0 Å². The molecule has 0 heterocycles. The Morgan fingerprint density at radius 2 is 1.79 bits per heavy atom. The van der Waals surface area contributed by atoms with Gasteiger partial charge < -0.3 is 20.6 Å². The van der Waals surface area contributed by atoms with Crippen molar-refractivity contribution in [3.8, 4) is 0 Å². The summed E-state index contributed by atoms with van der Waals surface area (Å²) in [4.78, 5) is 0. The van der Waals surface area contributed by atoms with Crippen LogP contribution in [0, 0.1) is 17.8 Å². The summed E-state index contributed by atoms with van der Waals surface area (Å²) in [5.41, 5.74) is 0. The Hall–Kier alpha value is -0.160. The number of hydrogen-bond acceptors (Lipinski definition) is 4. The van der Waals surface area contributed by atoms with Crippen molar-refractivity contribution in [2.75, 3.05) is 20.2 Å². The molecule has 1 unspecified atom stereocenters. The van der Waals surface area contributed by atoms with Crippen LogP contribution in [-0.4, -0.2) is 41.8 Å². The fourth-order valence-electron chi connectivity index (χ4n) is 1.85. The second kappa shape index (κ2) is 7.17. The topological polar surface area (TPSA) is 72.7 Å². The van der Waals surface area contributed by atoms with Crippen molar-refractivity contribution in [2.24, 2.45) is 17.8 Å². The van der Waals surface area contributed by atoms with Gasteiger partial charge >= 0.3 is 0 Å². The molecule has 0 amide bonds. The molecule has 0 bridgehead atoms. The lowest BCUT2D eigenvalue weighted by Crippen LogP contribution is -2.34. The van der Waals surface area contributed by atoms with Crippen LogP contribution >= 0.6 is 0 Å². The van der Waals surface area contributed by atoms with Crippen molar-refractivity contribution in [1.82, 2.24) is 5.32 Å². The Balaban J connectivity index is 4.27. The van der Waals surface area contributed by atoms with Gasteiger partial charge in [-0.2, -0.15) is 0 Å². The van der Waals surface area contributed by atoms with E-state index in [1.54, 1.807) is 0 Å². The van der Waals surface area contributed by atoms with Gasteiger partial charge in [-0.3, -0.25) is 0 Å². The molecule has 0 aromatic carbocycles. The Labute approximate surface area is 86.0 Å². The van der Waals surface area contributed by atoms with E-state index < -0.39 is 6.29 Å². The zero-order valence-corrected chi connectivity index (χ0v) is 9.27. The SMILES string of the molecule is CNC[C@@H](CC(O)O)C(CO)C(C)C. The van der Waals surface area contributed by atoms with E-state index in [1.807, 2.05) is 20.9 Å². The lowest BCUT2D eigenvalue weighted by atomic mass is 9.82. The monoisotopic (exact) mass is 205 g/mol. The van der Waals surface area contributed by atoms with E-state index in [-0.39, 0.29) is 18.4 Å². The molecule has 4 N–H and O–H groups in total. The third-order valence-electron chi connectivity index (χ3n) is 2.65. The van der Waals surface area contributed by atoms with Crippen LogP contribution in [0.2, 0.25) is 0 Å². The molecule has 0 aliphatic carbocycles. The number of rotatable bonds is 7. The highest BCUT2D eigenvalue weighted by atomic mass is 16.5. The van der Waals surface area contributed by atoms with E-state index in [2.05, 4.69) is 5.32 Å². The van der Waals surface area contributed by atoms with Gasteiger partial charge in [-0.15, -0.1) is 0 Å². The molecule has 0 saturated heterocycles. The first kappa shape index (κ1) is 13.8. The summed E-state index contributed by atoms with van der Waals surface area (Å²) in [5.74, 6) is 0.561. The summed E-state index contributed by atoms with van der Waals surface area (Å²) < 4.78 is 0. The van der Waals surface area contributed by atoms with Crippen molar-refractivity contribution >= 4 is 0 Å². The second-order valence-electron chi connectivity index (χ2n) is 4.12. The molecule has 0 aliphatic rings. The predicted molar refractivity (Wildman–Crippen MR) is 55.7 cm³/mol. The molecule has 0 aromatic heterocycles. The van der Waals surface area contributed by atoms with E-state index in [9.17, 15) is 5.11 Å². The quantitative estimate of drug-likeness (QED) is 0.434. The molecule has 0 radical (unpaired) electrons. The van der Waals surface area contributed by atoms with Gasteiger partial charge in [-0.1, -0.05) is 13.8 Å². The third kappa shape index (κ3) is 4.91. The minimum absolute atomic E-state index is 0.0940. The summed E-state index contributed by atoms with van der Waals surface area (Å²) in [6.07, 6.45) is -0.981. The molecule has 0 aromatic rings. The van der Waals surface area contributed by atoms with Gasteiger partial charge in [0.15, 0.2) is 6.29 Å². The summed E-state index contributed by atoms with van der Waals surface area (Å²) in [6, 6.07) is 0. The lowest BCUT2D eigenvalue weighted by Gasteiger charge is -2.29. The molecule has 0 fully saturated rings. The van der Waals surface area contributed by atoms with Crippen LogP contribution in [0.4, 0.5) is 0 Å². The van der Waals surface area contributed by atoms with E-state index in [0.717, 1.165) is 0 Å². The van der Waals surface area contributed by atoms with Crippen LogP contribution in [0.5, 0.6) is 0 Å². The van der Waals surface area contributed by atoms with E-state index in [4.69, 9.17) is 10.2 Å². The maximum absolute atomic E-state index is 9.22. The molecule has 0 spiro atoms. The summed E-state index contributed by atoms with van der Waals surface area (Å²) in [6.45, 7) is 4.86. The molecule has 86 valence electrons. The lowest BCUT2D eigenvalue weighted by molar-refractivity contribution is -0.0657. The minimum Gasteiger partial charge on any atom is -0.396 e. The molecule has 0 rings (SSSR count). The molecule has 14 heavy (non-hydrogen) atoms. The van der Waals surface area contributed by atoms with Crippen LogP contribution in [0.1, 0.15) is 20.3 Å². The van der Waals surface area contributed by atoms with Crippen LogP contribution in [-0.2, 0) is 0 Å². The largest absolute Gasteiger partial charge is 0.396 e. The van der Waals surface area contributed by atoms with E-state index >= 15 is 0 Å². The molecule has 4 nitrogen and oxygen atoms in total. The first-order valence-electron chi connectivity index (χ1n) is 5.14. The van der Waals surface area contributed by atoms with E-state index in [1.165, 1.54) is 0 Å². The van der Waals surface area contributed by atoms with Crippen LogP contribution in [0.3, 0.4) is 0 Å². The van der Waals surface area contributed by atoms with Gasteiger partial charge in [0.25, 0.3) is 0 Å². The average Bonchev–Trinajstić information content (AvgIpc) is 2.03. The Kier molecular flexibility index (Phi) is 7.09. The zero-order chi connectivity index (χ0) is 11.1. The van der Waals surface area contributed by atoms with Crippen molar-refractivity contribution in [3.05, 3.63) is 0 Å². The molecule has 2 atom stereocenters. The fraction of sp³-hybridized carbons (Fsp3) is 1.00. The molecule has 0 aliphatic heterocycles. The summed E-state index contributed by atoms with van der Waals surface area (Å²) >= 11 is 0. The molecule has 4 heteroatoms. The highest BCUT2D eigenvalue weighted by Gasteiger charge is 2.24. The maximum Gasteiger partial charge on any atom is 0.151 e. The van der Waals surface area contributed by atoms with Crippen molar-refractivity contribution < 1.29 is 15.3 Å². The van der Waals surface area contributed by atoms with Crippen molar-refractivity contribution in [2.45, 2.75) is 26.6 Å². The molecular formula is C10H23NO3. The van der Waals surface area contributed by atoms with Gasteiger partial charge in [-0.05, 0) is 31.3 Å². The van der Waals surface area contributed by atoms with E-state index in [0.29, 0.717) is 18.9 Å². The first-order chi connectivity index (χ1) is 6.52. The molecular weight excluding hydrogens is 182 g/mol. The number of aliphatic hydroxyl groups excluding tert-OH is 2. The van der Waals surface area contributed by atoms with Crippen LogP contribution < -0.4 is 5.32 Å². The fourth-order valence-corrected chi connectivity index (χ4v) is 1.85. The second-order valence-corrected chi connectivity index (χ2v) is 4.12. The van der Waals surface area contributed by atoms with Crippen molar-refractivity contribution in [3.63, 3.8) is 0 Å². The first-order valence-corrected chi connectivity index (χ1v) is 5.14. The highest BCUT2D eigenvalue weighted by molar-refractivity contribution is 4.74. The normalized spacial score (nSPS) is 16.3. The zero-order valence-electron chi connectivity index (χ0n) is 9.27. The highest BCUT2D eigenvalue weighted by Crippen LogP contribution is 2.23. The van der Waals surface area contributed by atoms with Gasteiger partial charge in [-0.25, -0.2) is 0 Å². The number of aliphatic hydroxyl groups is 3. The van der Waals surface area contributed by atoms with Gasteiger partial charge in [0.2, 0.25) is 0 Å². The third-order valence-corrected chi connectivity index (χ3v) is 2.65. The van der Waals surface area contributed by atoms with Gasteiger partial charge in [0.05, 0.1) is 0 Å². The Bertz CT molecular complexity index is 139. The summed E-state index contributed by atoms with van der Waals surface area (Å²) in [7, 11) is 1.82. The number of hydrogen-bond donors (Lipinski definition) is 4. The number of nitrogens with one attached hydrogen (secondary N) is 1. The summed E-state index contributed by atoms with van der Waals surface area (Å²) in [5, 5.41) is 30.1. The Morgan fingerprint density at radius 3 is 2.07 bits per heavy atom. The van der Waals surface area contributed by atoms with Crippen molar-refractivity contribution in [1.29, 1.82) is 0 Å². The predicted octanol–water partition coefficient (Wildman–Crippen LogP) is -0.213.